The summed E-state index contributed by atoms with van der Waals surface area (Å²) in [5.74, 6) is -0.298. The first kappa shape index (κ1) is 16.2. The number of thiophene rings is 1. The number of rotatable bonds is 6. The van der Waals surface area contributed by atoms with Gasteiger partial charge in [0.05, 0.1) is 6.61 Å². The van der Waals surface area contributed by atoms with Crippen LogP contribution >= 0.6 is 11.3 Å². The molecule has 2 nitrogen and oxygen atoms in total. The maximum Gasteiger partial charge on any atom is 0.330 e. The first-order chi connectivity index (χ1) is 9.61. The highest BCUT2D eigenvalue weighted by molar-refractivity contribution is 7.08. The number of esters is 1. The Morgan fingerprint density at radius 2 is 2.10 bits per heavy atom. The zero-order valence-corrected chi connectivity index (χ0v) is 12.9. The van der Waals surface area contributed by atoms with E-state index in [1.165, 1.54) is 11.6 Å². The molecule has 3 heteroatoms. The average Bonchev–Trinajstić information content (AvgIpc) is 2.89. The molecule has 0 fully saturated rings. The van der Waals surface area contributed by atoms with Crippen molar-refractivity contribution in [2.45, 2.75) is 20.8 Å². The van der Waals surface area contributed by atoms with Gasteiger partial charge in [-0.25, -0.2) is 4.79 Å². The molecule has 1 rings (SSSR count). The molecule has 1 aromatic heterocycles. The number of hydrogen-bond donors (Lipinski definition) is 0. The smallest absolute Gasteiger partial charge is 0.330 e. The largest absolute Gasteiger partial charge is 0.463 e. The third-order valence-electron chi connectivity index (χ3n) is 2.43. The number of allylic oxidation sites excluding steroid dienone is 6. The van der Waals surface area contributed by atoms with E-state index in [-0.39, 0.29) is 5.97 Å². The van der Waals surface area contributed by atoms with E-state index in [0.29, 0.717) is 6.61 Å². The van der Waals surface area contributed by atoms with Gasteiger partial charge in [-0.3, -0.25) is 0 Å². The van der Waals surface area contributed by atoms with Crippen LogP contribution in [0.5, 0.6) is 0 Å². The fourth-order valence-electron chi connectivity index (χ4n) is 1.42. The molecule has 0 aliphatic carbocycles. The summed E-state index contributed by atoms with van der Waals surface area (Å²) in [4.78, 5) is 11.2. The van der Waals surface area contributed by atoms with Crippen LogP contribution < -0.4 is 0 Å². The summed E-state index contributed by atoms with van der Waals surface area (Å²) < 4.78 is 4.85. The summed E-state index contributed by atoms with van der Waals surface area (Å²) in [7, 11) is 0. The van der Waals surface area contributed by atoms with Gasteiger partial charge in [0, 0.05) is 6.08 Å². The summed E-state index contributed by atoms with van der Waals surface area (Å²) in [5.41, 5.74) is 3.23. The van der Waals surface area contributed by atoms with Gasteiger partial charge in [-0.05, 0) is 48.7 Å². The number of carbonyl (C=O) groups excluding carboxylic acids is 1. The van der Waals surface area contributed by atoms with Crippen molar-refractivity contribution < 1.29 is 9.53 Å². The van der Waals surface area contributed by atoms with E-state index in [9.17, 15) is 4.79 Å². The molecule has 0 aliphatic rings. The van der Waals surface area contributed by atoms with Crippen molar-refractivity contribution in [3.05, 3.63) is 63.9 Å². The Labute approximate surface area is 124 Å². The number of ether oxygens (including phenoxy) is 1. The Morgan fingerprint density at radius 3 is 2.75 bits per heavy atom. The van der Waals surface area contributed by atoms with Crippen molar-refractivity contribution in [2.24, 2.45) is 0 Å². The van der Waals surface area contributed by atoms with Gasteiger partial charge in [0.2, 0.25) is 0 Å². The van der Waals surface area contributed by atoms with E-state index in [4.69, 9.17) is 4.74 Å². The second kappa shape index (κ2) is 9.10. The zero-order chi connectivity index (χ0) is 14.8. The van der Waals surface area contributed by atoms with Crippen LogP contribution in [0.3, 0.4) is 0 Å². The minimum atomic E-state index is -0.298. The molecular weight excluding hydrogens is 268 g/mol. The normalized spacial score (nSPS) is 13.3. The maximum absolute atomic E-state index is 11.2. The van der Waals surface area contributed by atoms with Crippen LogP contribution in [0, 0.1) is 0 Å². The molecule has 1 heterocycles. The van der Waals surface area contributed by atoms with Gasteiger partial charge in [-0.2, -0.15) is 11.3 Å². The Morgan fingerprint density at radius 1 is 1.30 bits per heavy atom. The molecule has 0 N–H and O–H groups in total. The Bertz CT molecular complexity index is 531. The molecule has 0 atom stereocenters. The lowest BCUT2D eigenvalue weighted by atomic mass is 10.2. The van der Waals surface area contributed by atoms with Crippen molar-refractivity contribution >= 4 is 23.4 Å². The minimum absolute atomic E-state index is 0.298. The van der Waals surface area contributed by atoms with E-state index in [1.54, 1.807) is 18.3 Å². The van der Waals surface area contributed by atoms with Crippen LogP contribution in [-0.2, 0) is 9.53 Å². The minimum Gasteiger partial charge on any atom is -0.463 e. The molecule has 0 saturated carbocycles. The van der Waals surface area contributed by atoms with Crippen molar-refractivity contribution in [2.75, 3.05) is 6.61 Å². The van der Waals surface area contributed by atoms with Crippen molar-refractivity contribution in [3.8, 4) is 0 Å². The van der Waals surface area contributed by atoms with Crippen LogP contribution in [0.15, 0.2) is 58.4 Å². The van der Waals surface area contributed by atoms with E-state index in [2.05, 4.69) is 29.0 Å². The van der Waals surface area contributed by atoms with Gasteiger partial charge in [0.15, 0.2) is 0 Å². The maximum atomic E-state index is 11.2. The molecular formula is C17H20O2S. The van der Waals surface area contributed by atoms with Crippen LogP contribution in [0.4, 0.5) is 0 Å². The molecule has 0 aromatic carbocycles. The first-order valence-electron chi connectivity index (χ1n) is 6.52. The van der Waals surface area contributed by atoms with Crippen LogP contribution in [-0.4, -0.2) is 12.6 Å². The van der Waals surface area contributed by atoms with E-state index in [0.717, 1.165) is 11.1 Å². The third kappa shape index (κ3) is 6.90. The van der Waals surface area contributed by atoms with Crippen LogP contribution in [0.2, 0.25) is 0 Å². The summed E-state index contributed by atoms with van der Waals surface area (Å²) in [6.45, 7) is 6.11. The van der Waals surface area contributed by atoms with E-state index >= 15 is 0 Å². The molecule has 1 aromatic rings. The van der Waals surface area contributed by atoms with Gasteiger partial charge in [0.1, 0.15) is 0 Å². The van der Waals surface area contributed by atoms with Crippen LogP contribution in [0.25, 0.3) is 6.08 Å². The molecule has 0 bridgehead atoms. The van der Waals surface area contributed by atoms with Gasteiger partial charge in [-0.15, -0.1) is 0 Å². The van der Waals surface area contributed by atoms with Crippen molar-refractivity contribution in [1.82, 2.24) is 0 Å². The monoisotopic (exact) mass is 288 g/mol. The quantitative estimate of drug-likeness (QED) is 0.428. The van der Waals surface area contributed by atoms with E-state index in [1.807, 2.05) is 32.1 Å². The summed E-state index contributed by atoms with van der Waals surface area (Å²) in [6.07, 6.45) is 11.5. The SMILES string of the molecule is CCOC(=O)C=C(C)C=CC=C(C)/C=C\c1ccsc1. The molecule has 0 amide bonds. The first-order valence-corrected chi connectivity index (χ1v) is 7.46. The fourth-order valence-corrected chi connectivity index (χ4v) is 2.05. The standard InChI is InChI=1S/C17H20O2S/c1-4-19-17(18)12-15(3)7-5-6-14(2)8-9-16-10-11-20-13-16/h5-13H,4H2,1-3H3/b7-5?,9-8-,14-6?,15-12?. The molecule has 0 saturated heterocycles. The average molecular weight is 288 g/mol. The van der Waals surface area contributed by atoms with E-state index < -0.39 is 0 Å². The summed E-state index contributed by atoms with van der Waals surface area (Å²) >= 11 is 1.69. The summed E-state index contributed by atoms with van der Waals surface area (Å²) in [5, 5.41) is 4.16. The fraction of sp³-hybridized carbons (Fsp3) is 0.235. The van der Waals surface area contributed by atoms with Gasteiger partial charge >= 0.3 is 5.97 Å². The highest BCUT2D eigenvalue weighted by Crippen LogP contribution is 2.09. The Balaban J connectivity index is 2.53. The molecule has 0 aliphatic heterocycles. The predicted octanol–water partition coefficient (Wildman–Crippen LogP) is 4.77. The highest BCUT2D eigenvalue weighted by atomic mass is 32.1. The predicted molar refractivity (Wildman–Crippen MR) is 86.6 cm³/mol. The molecule has 0 unspecified atom stereocenters. The highest BCUT2D eigenvalue weighted by Gasteiger charge is 1.94. The number of hydrogen-bond acceptors (Lipinski definition) is 3. The molecule has 20 heavy (non-hydrogen) atoms. The van der Waals surface area contributed by atoms with Gasteiger partial charge in [-0.1, -0.05) is 36.0 Å². The second-order valence-electron chi connectivity index (χ2n) is 4.30. The summed E-state index contributed by atoms with van der Waals surface area (Å²) in [6, 6.07) is 2.08. The lowest BCUT2D eigenvalue weighted by Crippen LogP contribution is -1.99. The number of carbonyl (C=O) groups is 1. The lowest BCUT2D eigenvalue weighted by molar-refractivity contribution is -0.137. The third-order valence-corrected chi connectivity index (χ3v) is 3.13. The van der Waals surface area contributed by atoms with Gasteiger partial charge < -0.3 is 4.74 Å². The Kier molecular flexibility index (Phi) is 7.36. The lowest BCUT2D eigenvalue weighted by Gasteiger charge is -1.95. The van der Waals surface area contributed by atoms with Crippen molar-refractivity contribution in [1.29, 1.82) is 0 Å². The van der Waals surface area contributed by atoms with Crippen LogP contribution in [0.1, 0.15) is 26.3 Å². The molecule has 0 spiro atoms. The second-order valence-corrected chi connectivity index (χ2v) is 5.08. The Hall–Kier alpha value is -1.87. The topological polar surface area (TPSA) is 26.3 Å². The molecule has 106 valence electrons. The zero-order valence-electron chi connectivity index (χ0n) is 12.1. The van der Waals surface area contributed by atoms with Crippen molar-refractivity contribution in [3.63, 3.8) is 0 Å². The van der Waals surface area contributed by atoms with Gasteiger partial charge in [0.25, 0.3) is 0 Å². The molecule has 0 radical (unpaired) electrons.